The molecule has 0 aliphatic carbocycles. The average molecular weight is 394 g/mol. The molecule has 21 heavy (non-hydrogen) atoms. The second-order valence-corrected chi connectivity index (χ2v) is 10.7. The van der Waals surface area contributed by atoms with Crippen molar-refractivity contribution in [3.63, 3.8) is 0 Å². The molecule has 118 valence electrons. The number of ether oxygens (including phenoxy) is 1. The fourth-order valence-corrected chi connectivity index (χ4v) is 5.00. The van der Waals surface area contributed by atoms with Gasteiger partial charge >= 0.3 is 5.97 Å². The molecule has 0 bridgehead atoms. The van der Waals surface area contributed by atoms with E-state index in [4.69, 9.17) is 20.8 Å². The van der Waals surface area contributed by atoms with Crippen LogP contribution in [-0.4, -0.2) is 21.4 Å². The molecule has 0 aliphatic heterocycles. The number of hydrogen-bond donors (Lipinski definition) is 0. The summed E-state index contributed by atoms with van der Waals surface area (Å²) in [5, 5.41) is 1.03. The van der Waals surface area contributed by atoms with E-state index in [0.717, 1.165) is 24.4 Å². The van der Waals surface area contributed by atoms with Gasteiger partial charge in [-0.2, -0.15) is 0 Å². The van der Waals surface area contributed by atoms with E-state index in [1.165, 1.54) is 7.11 Å². The molecule has 0 aliphatic rings. The Kier molecular flexibility index (Phi) is 7.23. The Morgan fingerprint density at radius 1 is 1.38 bits per heavy atom. The molecule has 0 unspecified atom stereocenters. The summed E-state index contributed by atoms with van der Waals surface area (Å²) in [5.74, 6) is 0.239. The van der Waals surface area contributed by atoms with Crippen molar-refractivity contribution in [2.24, 2.45) is 0 Å². The third kappa shape index (κ3) is 5.00. The summed E-state index contributed by atoms with van der Waals surface area (Å²) in [6.45, 7) is 6.50. The van der Waals surface area contributed by atoms with Crippen LogP contribution in [0.5, 0.6) is 5.75 Å². The average Bonchev–Trinajstić information content (AvgIpc) is 2.46. The first kappa shape index (κ1) is 18.5. The van der Waals surface area contributed by atoms with Crippen LogP contribution in [0, 0.1) is 0 Å². The van der Waals surface area contributed by atoms with E-state index in [1.807, 2.05) is 0 Å². The Morgan fingerprint density at radius 2 is 2.05 bits per heavy atom. The predicted molar refractivity (Wildman–Crippen MR) is 93.2 cm³/mol. The molecule has 0 amide bonds. The topological polar surface area (TPSA) is 35.5 Å². The van der Waals surface area contributed by atoms with Crippen LogP contribution < -0.4 is 4.43 Å². The summed E-state index contributed by atoms with van der Waals surface area (Å²) < 4.78 is 11.1. The van der Waals surface area contributed by atoms with E-state index in [2.05, 4.69) is 35.9 Å². The Morgan fingerprint density at radius 3 is 2.57 bits per heavy atom. The molecule has 0 saturated heterocycles. The summed E-state index contributed by atoms with van der Waals surface area (Å²) in [4.78, 5) is 11.9. The monoisotopic (exact) mass is 392 g/mol. The molecular weight excluding hydrogens is 372 g/mol. The van der Waals surface area contributed by atoms with Gasteiger partial charge in [0.05, 0.1) is 17.7 Å². The molecule has 0 spiro atoms. The molecule has 0 atom stereocenters. The van der Waals surface area contributed by atoms with E-state index >= 15 is 0 Å². The molecule has 0 radical (unpaired) electrons. The van der Waals surface area contributed by atoms with Crippen molar-refractivity contribution in [3.05, 3.63) is 28.3 Å². The maximum absolute atomic E-state index is 11.9. The first-order valence-electron chi connectivity index (χ1n) is 7.01. The molecule has 0 N–H and O–H groups in total. The van der Waals surface area contributed by atoms with Gasteiger partial charge in [0.25, 0.3) is 0 Å². The highest BCUT2D eigenvalue weighted by Crippen LogP contribution is 2.36. The summed E-state index contributed by atoms with van der Waals surface area (Å²) in [6, 6.07) is 4.43. The smallest absolute Gasteiger partial charge is 0.338 e. The zero-order valence-electron chi connectivity index (χ0n) is 13.0. The van der Waals surface area contributed by atoms with Crippen LogP contribution in [0.25, 0.3) is 0 Å². The van der Waals surface area contributed by atoms with Crippen molar-refractivity contribution in [2.75, 3.05) is 7.11 Å². The second-order valence-electron chi connectivity index (χ2n) is 5.49. The Balaban J connectivity index is 3.19. The van der Waals surface area contributed by atoms with Gasteiger partial charge in [-0.1, -0.05) is 47.3 Å². The minimum Gasteiger partial charge on any atom is -0.543 e. The summed E-state index contributed by atoms with van der Waals surface area (Å²) in [7, 11) is -0.499. The zero-order chi connectivity index (χ0) is 16.0. The van der Waals surface area contributed by atoms with Crippen LogP contribution in [-0.2, 0) is 10.1 Å². The van der Waals surface area contributed by atoms with Crippen molar-refractivity contribution in [3.8, 4) is 5.75 Å². The molecule has 0 heterocycles. The maximum Gasteiger partial charge on any atom is 0.338 e. The van der Waals surface area contributed by atoms with E-state index in [0.29, 0.717) is 21.7 Å². The molecule has 3 nitrogen and oxygen atoms in total. The highest BCUT2D eigenvalue weighted by atomic mass is 79.9. The number of benzene rings is 1. The number of alkyl halides is 1. The van der Waals surface area contributed by atoms with Crippen LogP contribution >= 0.6 is 27.5 Å². The SMILES string of the molecule is CCCC[Si](C)(C)Oc1c(Cl)ccc(C(=O)OC)c1CBr. The van der Waals surface area contributed by atoms with Crippen molar-refractivity contribution in [2.45, 2.75) is 44.2 Å². The van der Waals surface area contributed by atoms with Crippen LogP contribution in [0.2, 0.25) is 24.2 Å². The number of hydrogen-bond acceptors (Lipinski definition) is 3. The number of carbonyl (C=O) groups is 1. The van der Waals surface area contributed by atoms with Crippen molar-refractivity contribution in [1.29, 1.82) is 0 Å². The molecule has 1 aromatic rings. The fraction of sp³-hybridized carbons (Fsp3) is 0.533. The molecule has 0 saturated carbocycles. The van der Waals surface area contributed by atoms with Crippen LogP contribution in [0.15, 0.2) is 12.1 Å². The quantitative estimate of drug-likeness (QED) is 0.353. The van der Waals surface area contributed by atoms with E-state index in [1.54, 1.807) is 12.1 Å². The summed E-state index contributed by atoms with van der Waals surface area (Å²) in [6.07, 6.45) is 2.28. The highest BCUT2D eigenvalue weighted by Gasteiger charge is 2.27. The lowest BCUT2D eigenvalue weighted by atomic mass is 10.1. The standard InChI is InChI=1S/C15H22BrClO3Si/c1-5-6-9-21(3,4)20-14-12(10-16)11(15(18)19-2)7-8-13(14)17/h7-8H,5-6,9-10H2,1-4H3. The van der Waals surface area contributed by atoms with E-state index < -0.39 is 8.32 Å². The third-order valence-corrected chi connectivity index (χ3v) is 6.43. The van der Waals surface area contributed by atoms with Gasteiger partial charge in [-0.15, -0.1) is 0 Å². The lowest BCUT2D eigenvalue weighted by Gasteiger charge is -2.27. The lowest BCUT2D eigenvalue weighted by molar-refractivity contribution is 0.0599. The van der Waals surface area contributed by atoms with Crippen LogP contribution in [0.4, 0.5) is 0 Å². The van der Waals surface area contributed by atoms with Crippen LogP contribution in [0.3, 0.4) is 0 Å². The molecule has 0 fully saturated rings. The lowest BCUT2D eigenvalue weighted by Crippen LogP contribution is -2.34. The first-order chi connectivity index (χ1) is 9.86. The van der Waals surface area contributed by atoms with Gasteiger partial charge in [-0.3, -0.25) is 0 Å². The van der Waals surface area contributed by atoms with Crippen molar-refractivity contribution < 1.29 is 14.0 Å². The van der Waals surface area contributed by atoms with Gasteiger partial charge in [0.15, 0.2) is 0 Å². The molecule has 1 aromatic carbocycles. The molecular formula is C15H22BrClO3Si. The number of rotatable bonds is 7. The van der Waals surface area contributed by atoms with Gasteiger partial charge in [-0.25, -0.2) is 4.79 Å². The summed E-state index contributed by atoms with van der Waals surface area (Å²) in [5.41, 5.74) is 1.25. The number of unbranched alkanes of at least 4 members (excludes halogenated alkanes) is 1. The minimum absolute atomic E-state index is 0.376. The van der Waals surface area contributed by atoms with Crippen molar-refractivity contribution >= 4 is 41.8 Å². The number of methoxy groups -OCH3 is 1. The van der Waals surface area contributed by atoms with Gasteiger partial charge in [0, 0.05) is 10.9 Å². The van der Waals surface area contributed by atoms with E-state index in [-0.39, 0.29) is 5.97 Å². The molecule has 6 heteroatoms. The van der Waals surface area contributed by atoms with Gasteiger partial charge in [0.2, 0.25) is 8.32 Å². The number of halogens is 2. The Labute approximate surface area is 141 Å². The fourth-order valence-electron chi connectivity index (χ4n) is 2.07. The molecule has 0 aromatic heterocycles. The summed E-state index contributed by atoms with van der Waals surface area (Å²) >= 11 is 9.71. The predicted octanol–water partition coefficient (Wildman–Crippen LogP) is 5.41. The molecule has 1 rings (SSSR count). The van der Waals surface area contributed by atoms with E-state index in [9.17, 15) is 4.79 Å². The highest BCUT2D eigenvalue weighted by molar-refractivity contribution is 9.08. The largest absolute Gasteiger partial charge is 0.543 e. The number of carbonyl (C=O) groups excluding carboxylic acids is 1. The van der Waals surface area contributed by atoms with Gasteiger partial charge in [-0.05, 0) is 31.3 Å². The Bertz CT molecular complexity index is 506. The second kappa shape index (κ2) is 8.20. The zero-order valence-corrected chi connectivity index (χ0v) is 16.3. The normalized spacial score (nSPS) is 11.3. The van der Waals surface area contributed by atoms with Crippen LogP contribution in [0.1, 0.15) is 35.7 Å². The van der Waals surface area contributed by atoms with Gasteiger partial charge in [0.1, 0.15) is 5.75 Å². The van der Waals surface area contributed by atoms with Crippen molar-refractivity contribution in [1.82, 2.24) is 0 Å². The third-order valence-electron chi connectivity index (χ3n) is 3.26. The minimum atomic E-state index is -1.87. The van der Waals surface area contributed by atoms with Gasteiger partial charge < -0.3 is 9.16 Å². The number of esters is 1. The maximum atomic E-state index is 11.9. The Hall–Kier alpha value is -0.523. The first-order valence-corrected chi connectivity index (χ1v) is 11.6.